The van der Waals surface area contributed by atoms with Gasteiger partial charge in [0.25, 0.3) is 0 Å². The van der Waals surface area contributed by atoms with Crippen molar-refractivity contribution in [3.63, 3.8) is 0 Å². The zero-order valence-electron chi connectivity index (χ0n) is 17.0. The number of aromatic nitrogens is 2. The van der Waals surface area contributed by atoms with Crippen LogP contribution >= 0.6 is 0 Å². The van der Waals surface area contributed by atoms with Gasteiger partial charge < -0.3 is 4.98 Å². The minimum Gasteiger partial charge on any atom is -0.345 e. The first kappa shape index (κ1) is 19.4. The lowest BCUT2D eigenvalue weighted by Gasteiger charge is -2.07. The summed E-state index contributed by atoms with van der Waals surface area (Å²) in [6.07, 6.45) is 7.01. The Hall–Kier alpha value is -2.35. The first-order chi connectivity index (χ1) is 13.2. The third-order valence-electron chi connectivity index (χ3n) is 5.17. The number of hydrogen-bond acceptors (Lipinski definition) is 1. The van der Waals surface area contributed by atoms with Crippen LogP contribution < -0.4 is 0 Å². The van der Waals surface area contributed by atoms with Gasteiger partial charge in [0.15, 0.2) is 0 Å². The first-order valence-corrected chi connectivity index (χ1v) is 10.4. The Labute approximate surface area is 164 Å². The average Bonchev–Trinajstić information content (AvgIpc) is 3.08. The smallest absolute Gasteiger partial charge is 0.111 e. The second kappa shape index (κ2) is 9.55. The highest BCUT2D eigenvalue weighted by atomic mass is 14.9. The highest BCUT2D eigenvalue weighted by Crippen LogP contribution is 2.26. The Kier molecular flexibility index (Phi) is 6.86. The van der Waals surface area contributed by atoms with Crippen LogP contribution in [0.2, 0.25) is 0 Å². The molecule has 0 aliphatic rings. The number of H-pyrrole nitrogens is 1. The van der Waals surface area contributed by atoms with Gasteiger partial charge in [0.2, 0.25) is 0 Å². The van der Waals surface area contributed by atoms with E-state index in [9.17, 15) is 0 Å². The first-order valence-electron chi connectivity index (χ1n) is 10.4. The fourth-order valence-electron chi connectivity index (χ4n) is 3.51. The van der Waals surface area contributed by atoms with Gasteiger partial charge in [-0.2, -0.15) is 0 Å². The number of aryl methyl sites for hydroxylation is 1. The van der Waals surface area contributed by atoms with Gasteiger partial charge in [-0.05, 0) is 29.9 Å². The lowest BCUT2D eigenvalue weighted by molar-refractivity contribution is 0.662. The molecule has 2 heteroatoms. The van der Waals surface area contributed by atoms with Gasteiger partial charge in [-0.25, -0.2) is 4.98 Å². The molecule has 0 aliphatic heterocycles. The number of imidazole rings is 1. The minimum absolute atomic E-state index is 0.556. The molecular formula is C25H32N2. The number of benzene rings is 2. The van der Waals surface area contributed by atoms with Crippen molar-refractivity contribution in [2.75, 3.05) is 0 Å². The fraction of sp³-hybridized carbons (Fsp3) is 0.400. The molecule has 0 saturated heterocycles. The minimum atomic E-state index is 0.556. The van der Waals surface area contributed by atoms with Gasteiger partial charge in [0, 0.05) is 17.7 Å². The zero-order chi connectivity index (χ0) is 19.1. The maximum absolute atomic E-state index is 4.99. The Morgan fingerprint density at radius 3 is 2.30 bits per heavy atom. The quantitative estimate of drug-likeness (QED) is 0.412. The third kappa shape index (κ3) is 5.32. The van der Waals surface area contributed by atoms with Crippen molar-refractivity contribution in [1.82, 2.24) is 9.97 Å². The van der Waals surface area contributed by atoms with E-state index in [4.69, 9.17) is 4.98 Å². The molecule has 0 unspecified atom stereocenters. The summed E-state index contributed by atoms with van der Waals surface area (Å²) in [6, 6.07) is 19.5. The number of nitrogens with one attached hydrogen (secondary N) is 1. The summed E-state index contributed by atoms with van der Waals surface area (Å²) in [5.41, 5.74) is 6.32. The van der Waals surface area contributed by atoms with Crippen molar-refractivity contribution in [1.29, 1.82) is 0 Å². The van der Waals surface area contributed by atoms with E-state index in [1.807, 2.05) is 0 Å². The summed E-state index contributed by atoms with van der Waals surface area (Å²) in [5, 5.41) is 0. The van der Waals surface area contributed by atoms with E-state index in [0.717, 1.165) is 24.4 Å². The van der Waals surface area contributed by atoms with E-state index in [2.05, 4.69) is 80.4 Å². The number of rotatable bonds is 9. The summed E-state index contributed by atoms with van der Waals surface area (Å²) >= 11 is 0. The van der Waals surface area contributed by atoms with Crippen molar-refractivity contribution < 1.29 is 0 Å². The molecule has 2 aromatic carbocycles. The Morgan fingerprint density at radius 2 is 1.63 bits per heavy atom. The SMILES string of the molecule is CCCCCCc1[nH]c(Cc2ccccc2)nc1-c1ccc(C(C)C)cc1. The molecule has 2 nitrogen and oxygen atoms in total. The van der Waals surface area contributed by atoms with Crippen molar-refractivity contribution in [3.8, 4) is 11.3 Å². The Balaban J connectivity index is 1.84. The zero-order valence-corrected chi connectivity index (χ0v) is 17.0. The predicted octanol–water partition coefficient (Wildman–Crippen LogP) is 6.91. The maximum atomic E-state index is 4.99. The van der Waals surface area contributed by atoms with Gasteiger partial charge in [-0.3, -0.25) is 0 Å². The highest BCUT2D eigenvalue weighted by molar-refractivity contribution is 5.63. The highest BCUT2D eigenvalue weighted by Gasteiger charge is 2.13. The Bertz CT molecular complexity index is 813. The standard InChI is InChI=1S/C25H32N2/c1-4-5-6-10-13-23-25(22-16-14-21(15-17-22)19(2)3)27-24(26-23)18-20-11-8-7-9-12-20/h7-9,11-12,14-17,19H,4-6,10,13,18H2,1-3H3,(H,26,27). The van der Waals surface area contributed by atoms with Gasteiger partial charge in [-0.1, -0.05) is 94.6 Å². The molecule has 1 aromatic heterocycles. The van der Waals surface area contributed by atoms with Crippen molar-refractivity contribution in [2.45, 2.75) is 65.2 Å². The van der Waals surface area contributed by atoms with Crippen LogP contribution in [-0.2, 0) is 12.8 Å². The lowest BCUT2D eigenvalue weighted by Crippen LogP contribution is -1.92. The molecule has 0 bridgehead atoms. The van der Waals surface area contributed by atoms with E-state index in [1.54, 1.807) is 0 Å². The second-order valence-corrected chi connectivity index (χ2v) is 7.76. The summed E-state index contributed by atoms with van der Waals surface area (Å²) in [5.74, 6) is 1.62. The third-order valence-corrected chi connectivity index (χ3v) is 5.17. The Morgan fingerprint density at radius 1 is 0.889 bits per heavy atom. The molecule has 3 aromatic rings. The van der Waals surface area contributed by atoms with Gasteiger partial charge >= 0.3 is 0 Å². The van der Waals surface area contributed by atoms with Crippen LogP contribution in [0.25, 0.3) is 11.3 Å². The van der Waals surface area contributed by atoms with E-state index in [0.29, 0.717) is 5.92 Å². The molecule has 0 saturated carbocycles. The number of nitrogens with zero attached hydrogens (tertiary/aromatic N) is 1. The van der Waals surface area contributed by atoms with Crippen LogP contribution in [-0.4, -0.2) is 9.97 Å². The number of hydrogen-bond donors (Lipinski definition) is 1. The van der Waals surface area contributed by atoms with Crippen LogP contribution in [0.5, 0.6) is 0 Å². The van der Waals surface area contributed by atoms with E-state index >= 15 is 0 Å². The number of aromatic amines is 1. The fourth-order valence-corrected chi connectivity index (χ4v) is 3.51. The summed E-state index contributed by atoms with van der Waals surface area (Å²) in [4.78, 5) is 8.63. The lowest BCUT2D eigenvalue weighted by atomic mass is 9.99. The molecule has 0 aliphatic carbocycles. The molecule has 0 amide bonds. The van der Waals surface area contributed by atoms with Crippen molar-refractivity contribution in [2.24, 2.45) is 0 Å². The van der Waals surface area contributed by atoms with Gasteiger partial charge in [0.05, 0.1) is 5.69 Å². The second-order valence-electron chi connectivity index (χ2n) is 7.76. The van der Waals surface area contributed by atoms with Crippen LogP contribution in [0, 0.1) is 0 Å². The molecule has 0 atom stereocenters. The molecule has 27 heavy (non-hydrogen) atoms. The monoisotopic (exact) mass is 360 g/mol. The van der Waals surface area contributed by atoms with E-state index in [-0.39, 0.29) is 0 Å². The van der Waals surface area contributed by atoms with Gasteiger partial charge in [-0.15, -0.1) is 0 Å². The summed E-state index contributed by atoms with van der Waals surface area (Å²) < 4.78 is 0. The van der Waals surface area contributed by atoms with E-state index < -0.39 is 0 Å². The van der Waals surface area contributed by atoms with Crippen LogP contribution in [0.15, 0.2) is 54.6 Å². The molecule has 142 valence electrons. The molecule has 0 fully saturated rings. The van der Waals surface area contributed by atoms with Crippen molar-refractivity contribution in [3.05, 3.63) is 77.2 Å². The molecule has 0 radical (unpaired) electrons. The van der Waals surface area contributed by atoms with Crippen LogP contribution in [0.1, 0.15) is 75.0 Å². The molecule has 1 heterocycles. The normalized spacial score (nSPS) is 11.3. The summed E-state index contributed by atoms with van der Waals surface area (Å²) in [7, 11) is 0. The molecule has 1 N–H and O–H groups in total. The van der Waals surface area contributed by atoms with Crippen LogP contribution in [0.4, 0.5) is 0 Å². The molecule has 0 spiro atoms. The van der Waals surface area contributed by atoms with E-state index in [1.165, 1.54) is 48.1 Å². The van der Waals surface area contributed by atoms with Gasteiger partial charge in [0.1, 0.15) is 5.82 Å². The molecular weight excluding hydrogens is 328 g/mol. The average molecular weight is 361 g/mol. The maximum Gasteiger partial charge on any atom is 0.111 e. The topological polar surface area (TPSA) is 28.7 Å². The predicted molar refractivity (Wildman–Crippen MR) is 115 cm³/mol. The number of unbranched alkanes of at least 4 members (excludes halogenated alkanes) is 3. The molecule has 3 rings (SSSR count). The largest absolute Gasteiger partial charge is 0.345 e. The summed E-state index contributed by atoms with van der Waals surface area (Å²) in [6.45, 7) is 6.73. The van der Waals surface area contributed by atoms with Crippen LogP contribution in [0.3, 0.4) is 0 Å². The van der Waals surface area contributed by atoms with Crippen molar-refractivity contribution >= 4 is 0 Å².